The first-order valence-corrected chi connectivity index (χ1v) is 7.20. The Morgan fingerprint density at radius 3 is 2.43 bits per heavy atom. The Balaban J connectivity index is 2.41. The molecule has 0 aliphatic rings. The van der Waals surface area contributed by atoms with E-state index in [0.717, 1.165) is 5.56 Å². The summed E-state index contributed by atoms with van der Waals surface area (Å²) in [5.41, 5.74) is 2.05. The fraction of sp³-hybridized carbons (Fsp3) is 0.235. The Labute approximate surface area is 129 Å². The van der Waals surface area contributed by atoms with Gasteiger partial charge in [-0.3, -0.25) is 0 Å². The largest absolute Gasteiger partial charge is 0.478 e. The third-order valence-corrected chi connectivity index (χ3v) is 3.55. The molecule has 21 heavy (non-hydrogen) atoms. The van der Waals surface area contributed by atoms with E-state index < -0.39 is 5.97 Å². The monoisotopic (exact) mass is 303 g/mol. The lowest BCUT2D eigenvalue weighted by atomic mass is 10.1. The summed E-state index contributed by atoms with van der Waals surface area (Å²) < 4.78 is 0. The van der Waals surface area contributed by atoms with E-state index in [4.69, 9.17) is 11.6 Å². The summed E-state index contributed by atoms with van der Waals surface area (Å²) in [6.07, 6.45) is 0. The maximum Gasteiger partial charge on any atom is 0.337 e. The third-order valence-electron chi connectivity index (χ3n) is 3.32. The molecule has 3 nitrogen and oxygen atoms in total. The number of nitrogens with zero attached hydrogens (tertiary/aromatic N) is 1. The van der Waals surface area contributed by atoms with Crippen LogP contribution in [0.1, 0.15) is 29.8 Å². The molecule has 0 bridgehead atoms. The summed E-state index contributed by atoms with van der Waals surface area (Å²) in [6.45, 7) is 4.74. The van der Waals surface area contributed by atoms with Crippen molar-refractivity contribution in [1.29, 1.82) is 0 Å². The molecule has 2 aromatic rings. The van der Waals surface area contributed by atoms with Gasteiger partial charge in [-0.15, -0.1) is 0 Å². The molecule has 0 atom stereocenters. The van der Waals surface area contributed by atoms with Gasteiger partial charge in [0.15, 0.2) is 0 Å². The maximum atomic E-state index is 11.5. The van der Waals surface area contributed by atoms with Gasteiger partial charge >= 0.3 is 5.97 Å². The zero-order valence-corrected chi connectivity index (χ0v) is 12.8. The molecular weight excluding hydrogens is 286 g/mol. The van der Waals surface area contributed by atoms with E-state index in [1.54, 1.807) is 12.1 Å². The summed E-state index contributed by atoms with van der Waals surface area (Å²) in [5, 5.41) is 9.83. The van der Waals surface area contributed by atoms with Crippen molar-refractivity contribution in [2.45, 2.75) is 26.4 Å². The van der Waals surface area contributed by atoms with Crippen molar-refractivity contribution in [2.75, 3.05) is 4.90 Å². The number of hydrogen-bond donors (Lipinski definition) is 1. The smallest absolute Gasteiger partial charge is 0.337 e. The molecule has 2 aromatic carbocycles. The van der Waals surface area contributed by atoms with Gasteiger partial charge in [0.2, 0.25) is 0 Å². The highest BCUT2D eigenvalue weighted by molar-refractivity contribution is 6.31. The van der Waals surface area contributed by atoms with Crippen molar-refractivity contribution < 1.29 is 9.90 Å². The minimum absolute atomic E-state index is 0.171. The Kier molecular flexibility index (Phi) is 4.86. The van der Waals surface area contributed by atoms with Crippen molar-refractivity contribution in [3.05, 3.63) is 64.7 Å². The Morgan fingerprint density at radius 2 is 1.86 bits per heavy atom. The predicted molar refractivity (Wildman–Crippen MR) is 86.2 cm³/mol. The molecule has 0 saturated heterocycles. The van der Waals surface area contributed by atoms with E-state index >= 15 is 0 Å². The predicted octanol–water partition coefficient (Wildman–Crippen LogP) is 4.45. The highest BCUT2D eigenvalue weighted by Gasteiger charge is 2.19. The number of benzene rings is 2. The van der Waals surface area contributed by atoms with Gasteiger partial charge in [-0.1, -0.05) is 41.9 Å². The molecule has 0 spiro atoms. The van der Waals surface area contributed by atoms with Crippen LogP contribution in [-0.4, -0.2) is 17.1 Å². The average Bonchev–Trinajstić information content (AvgIpc) is 2.46. The van der Waals surface area contributed by atoms with Crippen LogP contribution in [0.5, 0.6) is 0 Å². The first-order valence-electron chi connectivity index (χ1n) is 6.82. The molecular formula is C17H18ClNO2. The fourth-order valence-corrected chi connectivity index (χ4v) is 2.43. The van der Waals surface area contributed by atoms with Gasteiger partial charge in [0.05, 0.1) is 11.3 Å². The zero-order chi connectivity index (χ0) is 15.4. The molecule has 4 heteroatoms. The van der Waals surface area contributed by atoms with E-state index in [1.807, 2.05) is 44.2 Å². The van der Waals surface area contributed by atoms with Crippen LogP contribution < -0.4 is 4.90 Å². The topological polar surface area (TPSA) is 40.5 Å². The fourth-order valence-electron chi connectivity index (χ4n) is 2.26. The van der Waals surface area contributed by atoms with Gasteiger partial charge in [0.25, 0.3) is 0 Å². The van der Waals surface area contributed by atoms with Crippen molar-refractivity contribution in [3.8, 4) is 0 Å². The highest BCUT2D eigenvalue weighted by Crippen LogP contribution is 2.27. The number of carbonyl (C=O) groups is 1. The molecule has 1 N–H and O–H groups in total. The molecule has 110 valence electrons. The number of carboxylic acid groups (broad SMARTS) is 1. The second-order valence-corrected chi connectivity index (χ2v) is 5.61. The minimum atomic E-state index is -0.966. The van der Waals surface area contributed by atoms with E-state index in [2.05, 4.69) is 4.90 Å². The van der Waals surface area contributed by atoms with Gasteiger partial charge in [0, 0.05) is 17.6 Å². The van der Waals surface area contributed by atoms with Gasteiger partial charge < -0.3 is 10.0 Å². The molecule has 0 radical (unpaired) electrons. The summed E-state index contributed by atoms with van der Waals surface area (Å²) in [4.78, 5) is 13.5. The molecule has 0 heterocycles. The van der Waals surface area contributed by atoms with Crippen LogP contribution >= 0.6 is 11.6 Å². The molecule has 0 aliphatic carbocycles. The van der Waals surface area contributed by atoms with Crippen LogP contribution in [0.3, 0.4) is 0 Å². The van der Waals surface area contributed by atoms with Crippen molar-refractivity contribution in [2.24, 2.45) is 0 Å². The summed E-state index contributed by atoms with van der Waals surface area (Å²) in [6, 6.07) is 15.2. The summed E-state index contributed by atoms with van der Waals surface area (Å²) in [5.74, 6) is -0.966. The molecule has 0 aromatic heterocycles. The maximum absolute atomic E-state index is 11.5. The molecule has 0 saturated carbocycles. The number of anilines is 1. The van der Waals surface area contributed by atoms with Crippen LogP contribution in [0.4, 0.5) is 5.69 Å². The van der Waals surface area contributed by atoms with E-state index in [9.17, 15) is 9.90 Å². The number of carboxylic acids is 1. The summed E-state index contributed by atoms with van der Waals surface area (Å²) in [7, 11) is 0. The van der Waals surface area contributed by atoms with Crippen LogP contribution in [0.15, 0.2) is 48.5 Å². The van der Waals surface area contributed by atoms with Crippen LogP contribution in [0, 0.1) is 0 Å². The quantitative estimate of drug-likeness (QED) is 0.887. The minimum Gasteiger partial charge on any atom is -0.478 e. The summed E-state index contributed by atoms with van der Waals surface area (Å²) >= 11 is 5.92. The Bertz CT molecular complexity index is 626. The van der Waals surface area contributed by atoms with Gasteiger partial charge in [-0.25, -0.2) is 4.79 Å². The SMILES string of the molecule is CC(C)N(Cc1ccccc1)c1ccc(Cl)cc1C(=O)O. The van der Waals surface area contributed by atoms with E-state index in [0.29, 0.717) is 17.3 Å². The first kappa shape index (κ1) is 15.4. The Morgan fingerprint density at radius 1 is 1.19 bits per heavy atom. The van der Waals surface area contributed by atoms with Crippen LogP contribution in [0.2, 0.25) is 5.02 Å². The van der Waals surface area contributed by atoms with E-state index in [-0.39, 0.29) is 11.6 Å². The second-order valence-electron chi connectivity index (χ2n) is 5.17. The lowest BCUT2D eigenvalue weighted by Gasteiger charge is -2.30. The lowest BCUT2D eigenvalue weighted by molar-refractivity contribution is 0.0697. The molecule has 0 unspecified atom stereocenters. The second kappa shape index (κ2) is 6.64. The number of hydrogen-bond acceptors (Lipinski definition) is 2. The lowest BCUT2D eigenvalue weighted by Crippen LogP contribution is -2.31. The third kappa shape index (κ3) is 3.76. The molecule has 0 amide bonds. The van der Waals surface area contributed by atoms with Gasteiger partial charge in [-0.2, -0.15) is 0 Å². The molecule has 0 fully saturated rings. The van der Waals surface area contributed by atoms with Crippen molar-refractivity contribution in [3.63, 3.8) is 0 Å². The molecule has 2 rings (SSSR count). The Hall–Kier alpha value is -2.00. The highest BCUT2D eigenvalue weighted by atomic mass is 35.5. The van der Waals surface area contributed by atoms with Crippen LogP contribution in [0.25, 0.3) is 0 Å². The number of halogens is 1. The standard InChI is InChI=1S/C17H18ClNO2/c1-12(2)19(11-13-6-4-3-5-7-13)16-9-8-14(18)10-15(16)17(20)21/h3-10,12H,11H2,1-2H3,(H,20,21). The normalized spacial score (nSPS) is 10.7. The van der Waals surface area contributed by atoms with E-state index in [1.165, 1.54) is 6.07 Å². The number of aromatic carboxylic acids is 1. The van der Waals surface area contributed by atoms with Crippen molar-refractivity contribution >= 4 is 23.3 Å². The first-order chi connectivity index (χ1) is 9.99. The van der Waals surface area contributed by atoms with Gasteiger partial charge in [-0.05, 0) is 37.6 Å². The number of rotatable bonds is 5. The average molecular weight is 304 g/mol. The van der Waals surface area contributed by atoms with Crippen LogP contribution in [-0.2, 0) is 6.54 Å². The van der Waals surface area contributed by atoms with Crippen molar-refractivity contribution in [1.82, 2.24) is 0 Å². The van der Waals surface area contributed by atoms with Gasteiger partial charge in [0.1, 0.15) is 0 Å². The zero-order valence-electron chi connectivity index (χ0n) is 12.1. The molecule has 0 aliphatic heterocycles.